The zero-order valence-corrected chi connectivity index (χ0v) is 89.5. The normalized spacial score (nSPS) is 12.6. The number of nitrogens with zero attached hydrogens (tertiary/aromatic N) is 6. The zero-order chi connectivity index (χ0) is 93.1. The molecule has 0 saturated heterocycles. The molecule has 0 spiro atoms. The third-order valence-corrected chi connectivity index (χ3v) is 22.5. The van der Waals surface area contributed by atoms with Crippen molar-refractivity contribution in [3.8, 4) is 101 Å². The maximum absolute atomic E-state index is 9.76. The van der Waals surface area contributed by atoms with E-state index in [9.17, 15) is 30.6 Å². The van der Waals surface area contributed by atoms with Crippen LogP contribution in [0.1, 0.15) is 216 Å². The number of aryl methyl sites for hydroxylation is 18. The van der Waals surface area contributed by atoms with E-state index < -0.39 is 12.2 Å². The van der Waals surface area contributed by atoms with Gasteiger partial charge >= 0.3 is 0 Å². The summed E-state index contributed by atoms with van der Waals surface area (Å²) in [5.74, 6) is 0.957. The van der Waals surface area contributed by atoms with Crippen molar-refractivity contribution in [1.82, 2.24) is 29.9 Å². The van der Waals surface area contributed by atoms with E-state index >= 15 is 0 Å². The third kappa shape index (κ3) is 33.6. The molecular weight excluding hydrogens is 2110 g/mol. The van der Waals surface area contributed by atoms with Crippen LogP contribution in [-0.2, 0) is 60.3 Å². The molecule has 0 fully saturated rings. The molecule has 0 aliphatic carbocycles. The molecule has 0 aliphatic heterocycles. The summed E-state index contributed by atoms with van der Waals surface area (Å²) in [7, 11) is 0. The van der Waals surface area contributed by atoms with Crippen molar-refractivity contribution in [1.29, 1.82) is 0 Å². The Hall–Kier alpha value is -8.07. The molecule has 0 amide bonds. The van der Waals surface area contributed by atoms with E-state index in [0.29, 0.717) is 19.3 Å². The Kier molecular flexibility index (Phi) is 44.3. The Morgan fingerprint density at radius 2 is 0.477 bits per heavy atom. The number of hydrogen-bond donors (Lipinski definition) is 6. The van der Waals surface area contributed by atoms with Crippen molar-refractivity contribution >= 4 is 0 Å². The van der Waals surface area contributed by atoms with Crippen LogP contribution in [0.2, 0.25) is 0 Å². The molecule has 693 valence electrons. The van der Waals surface area contributed by atoms with Crippen LogP contribution < -0.4 is 0 Å². The molecule has 6 N–H and O–H groups in total. The van der Waals surface area contributed by atoms with Crippen molar-refractivity contribution < 1.29 is 91.0 Å². The molecule has 6 unspecified atom stereocenters. The molecule has 12 nitrogen and oxygen atoms in total. The summed E-state index contributed by atoms with van der Waals surface area (Å²) in [6.45, 7) is 65.6. The van der Waals surface area contributed by atoms with Crippen LogP contribution >= 0.6 is 0 Å². The van der Waals surface area contributed by atoms with E-state index in [1.165, 1.54) is 83.5 Å². The van der Waals surface area contributed by atoms with Gasteiger partial charge in [-0.05, 0) is 182 Å². The average molecular weight is 2260 g/mol. The van der Waals surface area contributed by atoms with Crippen molar-refractivity contribution in [3.63, 3.8) is 0 Å². The van der Waals surface area contributed by atoms with Crippen molar-refractivity contribution in [2.24, 2.45) is 34.5 Å². The first kappa shape index (κ1) is 112. The maximum Gasteiger partial charge on any atom is 0.0878 e. The molecular formula is C113H145Ir3N6O6-3. The third-order valence-electron chi connectivity index (χ3n) is 22.5. The molecule has 0 saturated carbocycles. The van der Waals surface area contributed by atoms with Gasteiger partial charge in [-0.15, -0.1) is 105 Å². The predicted molar refractivity (Wildman–Crippen MR) is 525 cm³/mol. The maximum atomic E-state index is 9.76. The Labute approximate surface area is 810 Å². The van der Waals surface area contributed by atoms with E-state index in [0.717, 1.165) is 118 Å². The van der Waals surface area contributed by atoms with Crippen LogP contribution in [0, 0.1) is 177 Å². The molecule has 128 heavy (non-hydrogen) atoms. The summed E-state index contributed by atoms with van der Waals surface area (Å²) >= 11 is 0. The summed E-state index contributed by atoms with van der Waals surface area (Å²) in [5.41, 5.74) is 39.0. The smallest absolute Gasteiger partial charge is 0.0878 e. The summed E-state index contributed by atoms with van der Waals surface area (Å²) in [6, 6.07) is 62.2. The second-order valence-corrected chi connectivity index (χ2v) is 38.9. The van der Waals surface area contributed by atoms with Gasteiger partial charge in [-0.1, -0.05) is 280 Å². The Morgan fingerprint density at radius 3 is 0.695 bits per heavy atom. The molecule has 12 rings (SSSR count). The summed E-state index contributed by atoms with van der Waals surface area (Å²) in [5, 5.41) is 57.1. The number of rotatable bonds is 19. The number of aliphatic hydroxyl groups excluding tert-OH is 6. The van der Waals surface area contributed by atoms with Crippen LogP contribution in [0.4, 0.5) is 0 Å². The zero-order valence-electron chi connectivity index (χ0n) is 82.3. The van der Waals surface area contributed by atoms with Gasteiger partial charge in [0, 0.05) is 119 Å². The van der Waals surface area contributed by atoms with Gasteiger partial charge in [0.1, 0.15) is 0 Å². The molecule has 0 aliphatic rings. The molecule has 12 aromatic rings. The second-order valence-electron chi connectivity index (χ2n) is 38.9. The van der Waals surface area contributed by atoms with Gasteiger partial charge in [-0.3, -0.25) is 15.0 Å². The predicted octanol–water partition coefficient (Wildman–Crippen LogP) is 26.4. The Balaban J connectivity index is 0.000000337. The van der Waals surface area contributed by atoms with Gasteiger partial charge in [-0.25, -0.2) is 0 Å². The number of aromatic nitrogens is 6. The van der Waals surface area contributed by atoms with E-state index in [-0.39, 0.29) is 119 Å². The average Bonchev–Trinajstić information content (AvgIpc) is 0.817. The molecule has 3 heterocycles. The van der Waals surface area contributed by atoms with Gasteiger partial charge in [0.25, 0.3) is 0 Å². The minimum Gasteiger partial charge on any atom is -0.393 e. The van der Waals surface area contributed by atoms with Gasteiger partial charge in [0.2, 0.25) is 0 Å². The fraction of sp³-hybridized carbons (Fsp3) is 0.416. The fourth-order valence-electron chi connectivity index (χ4n) is 15.2. The van der Waals surface area contributed by atoms with E-state index in [2.05, 4.69) is 288 Å². The van der Waals surface area contributed by atoms with Gasteiger partial charge in [0.05, 0.1) is 70.8 Å². The van der Waals surface area contributed by atoms with Crippen molar-refractivity contribution in [3.05, 3.63) is 283 Å². The Morgan fingerprint density at radius 1 is 0.266 bits per heavy atom. The quantitative estimate of drug-likeness (QED) is 0.0420. The largest absolute Gasteiger partial charge is 0.393 e. The first-order chi connectivity index (χ1) is 58.3. The van der Waals surface area contributed by atoms with Crippen molar-refractivity contribution in [2.75, 3.05) is 0 Å². The van der Waals surface area contributed by atoms with Crippen LogP contribution in [0.15, 0.2) is 164 Å². The number of benzene rings is 9. The molecule has 15 heteroatoms. The summed E-state index contributed by atoms with van der Waals surface area (Å²) in [4.78, 5) is 30.2. The fourth-order valence-corrected chi connectivity index (χ4v) is 15.2. The van der Waals surface area contributed by atoms with Crippen molar-refractivity contribution in [2.45, 2.75) is 277 Å². The first-order valence-electron chi connectivity index (χ1n) is 44.6. The molecule has 3 radical (unpaired) electrons. The summed E-state index contributed by atoms with van der Waals surface area (Å²) in [6.07, 6.45) is 4.78. The minimum atomic E-state index is -0.443. The van der Waals surface area contributed by atoms with Gasteiger partial charge in [0.15, 0.2) is 0 Å². The van der Waals surface area contributed by atoms with Crippen LogP contribution in [0.3, 0.4) is 0 Å². The molecule has 0 bridgehead atoms. The SMILES string of the molecule is CC(C)(C)C(O)CC(O)C(C)(C)C.CC(C)C(O)CC(O)C(C)C.CC(C)C(O)CC(O)C(C)C.Cc1[c-]c(-c2ncc(-c3c(C)cccc3C)nc2-c2cc(C)cc(C)c2)cc(C)c1.Cc1[c-]c(-c2ncc(-c3c(C)cccc3C)nc2-c2cc(C)cc(C)c2)cc(C)c1.Cc1[c-]c(-c2ncc(-c3cc(C)cc(C)c3)nc2-c2cc(C)cc(C)c2)cc(C)c1.[Ir].[Ir].[Ir]. The second kappa shape index (κ2) is 50.5. The number of hydrogen-bond acceptors (Lipinski definition) is 12. The summed E-state index contributed by atoms with van der Waals surface area (Å²) < 4.78 is 0. The van der Waals surface area contributed by atoms with E-state index in [1.807, 2.05) is 116 Å². The number of aliphatic hydroxyl groups is 6. The standard InChI is InChI=1S/3C28H27N2.C11H24O2.2C9H20O2.3Ir/c1-17-7-18(2)11-23(10-17)26-16-29-27(24-12-19(3)8-20(4)13-24)28(30-26)25-14-21(5)9-22(6)15-25;2*1-17-10-18(2)13-23(12-17)27-28(24-14-19(3)11-20(4)15-24)30-25(16-29-27)26-21(5)8-7-9-22(26)6;1-10(2,3)8(12)7-9(13)11(4,5)6;2*1-6(2)8(10)5-9(11)7(3)4;;;/h3*7-12,14-16H,1-6H3;8-9,12-13H,7H2,1-6H3;2*6-11H,5H2,1-4H3;;;/q3*-1;;;;;;. The van der Waals surface area contributed by atoms with E-state index in [1.54, 1.807) is 0 Å². The minimum absolute atomic E-state index is 0. The monoisotopic (exact) mass is 2260 g/mol. The first-order valence-corrected chi connectivity index (χ1v) is 44.6. The molecule has 6 atom stereocenters. The van der Waals surface area contributed by atoms with Gasteiger partial charge in [-0.2, -0.15) is 0 Å². The van der Waals surface area contributed by atoms with Crippen LogP contribution in [-0.4, -0.2) is 97.2 Å². The molecule has 9 aromatic carbocycles. The van der Waals surface area contributed by atoms with E-state index in [4.69, 9.17) is 29.9 Å². The van der Waals surface area contributed by atoms with Crippen LogP contribution in [0.5, 0.6) is 0 Å². The Bertz CT molecular complexity index is 5160. The topological polar surface area (TPSA) is 199 Å². The van der Waals surface area contributed by atoms with Crippen LogP contribution in [0.25, 0.3) is 101 Å². The molecule has 3 aromatic heterocycles. The van der Waals surface area contributed by atoms with Gasteiger partial charge < -0.3 is 45.6 Å².